The second-order valence-electron chi connectivity index (χ2n) is 4.17. The third-order valence-electron chi connectivity index (χ3n) is 3.10. The van der Waals surface area contributed by atoms with E-state index in [9.17, 15) is 0 Å². The first kappa shape index (κ1) is 18.0. The van der Waals surface area contributed by atoms with Crippen molar-refractivity contribution >= 4 is 8.80 Å². The van der Waals surface area contributed by atoms with Crippen molar-refractivity contribution in [1.29, 1.82) is 0 Å². The van der Waals surface area contributed by atoms with E-state index < -0.39 is 8.80 Å². The van der Waals surface area contributed by atoms with Gasteiger partial charge in [-0.25, -0.2) is 0 Å². The van der Waals surface area contributed by atoms with Gasteiger partial charge in [0, 0.05) is 40.0 Å². The predicted octanol–water partition coefficient (Wildman–Crippen LogP) is -0.0880. The van der Waals surface area contributed by atoms with Crippen molar-refractivity contribution in [2.24, 2.45) is 11.5 Å². The lowest BCUT2D eigenvalue weighted by Gasteiger charge is -2.32. The second kappa shape index (κ2) is 10.9. The minimum absolute atomic E-state index is 0.252. The number of nitrogens with two attached hydrogens (primary N) is 2. The fourth-order valence-corrected chi connectivity index (χ4v) is 4.73. The molecule has 0 rings (SSSR count). The number of hydrogen-bond donors (Lipinski definition) is 3. The van der Waals surface area contributed by atoms with E-state index in [1.807, 2.05) is 0 Å². The van der Waals surface area contributed by atoms with Crippen molar-refractivity contribution in [2.45, 2.75) is 24.8 Å². The van der Waals surface area contributed by atoms with Crippen molar-refractivity contribution in [2.75, 3.05) is 47.5 Å². The first-order valence-corrected chi connectivity index (χ1v) is 8.27. The van der Waals surface area contributed by atoms with E-state index in [0.29, 0.717) is 13.1 Å². The minimum atomic E-state index is -2.57. The molecule has 0 saturated heterocycles. The van der Waals surface area contributed by atoms with Gasteiger partial charge >= 0.3 is 8.80 Å². The molecule has 0 aromatic heterocycles. The highest BCUT2D eigenvalue weighted by atomic mass is 28.4. The average molecular weight is 279 g/mol. The molecule has 0 fully saturated rings. The molecule has 0 aliphatic heterocycles. The molecule has 18 heavy (non-hydrogen) atoms. The fraction of sp³-hybridized carbons (Fsp3) is 1.00. The summed E-state index contributed by atoms with van der Waals surface area (Å²) in [6.45, 7) is 3.08. The van der Waals surface area contributed by atoms with Gasteiger partial charge in [0.05, 0.1) is 0 Å². The molecule has 0 heterocycles. The molecule has 0 aromatic rings. The molecule has 1 unspecified atom stereocenters. The van der Waals surface area contributed by atoms with Gasteiger partial charge in [0.2, 0.25) is 0 Å². The summed E-state index contributed by atoms with van der Waals surface area (Å²) in [6, 6.07) is 0. The van der Waals surface area contributed by atoms with Gasteiger partial charge in [-0.3, -0.25) is 0 Å². The lowest BCUT2D eigenvalue weighted by atomic mass is 10.2. The maximum atomic E-state index is 5.67. The Kier molecular flexibility index (Phi) is 10.8. The minimum Gasteiger partial charge on any atom is -0.377 e. The van der Waals surface area contributed by atoms with Gasteiger partial charge < -0.3 is 30.1 Å². The summed E-state index contributed by atoms with van der Waals surface area (Å²) < 4.78 is 16.6. The molecular formula is C11H29N3O3Si. The lowest BCUT2D eigenvalue weighted by molar-refractivity contribution is 0.108. The van der Waals surface area contributed by atoms with Crippen LogP contribution in [0, 0.1) is 0 Å². The van der Waals surface area contributed by atoms with Gasteiger partial charge in [-0.2, -0.15) is 0 Å². The molecule has 5 N–H and O–H groups in total. The van der Waals surface area contributed by atoms with Crippen LogP contribution in [0.4, 0.5) is 0 Å². The Balaban J connectivity index is 4.26. The smallest absolute Gasteiger partial charge is 0.377 e. The Bertz CT molecular complexity index is 186. The van der Waals surface area contributed by atoms with E-state index in [1.165, 1.54) is 0 Å². The Morgan fingerprint density at radius 1 is 0.944 bits per heavy atom. The highest BCUT2D eigenvalue weighted by Gasteiger charge is 2.46. The second-order valence-corrected chi connectivity index (χ2v) is 7.42. The van der Waals surface area contributed by atoms with Crippen LogP contribution in [0.2, 0.25) is 5.54 Å². The summed E-state index contributed by atoms with van der Waals surface area (Å²) in [5, 5.41) is 3.27. The molecule has 0 aliphatic carbocycles. The van der Waals surface area contributed by atoms with Gasteiger partial charge in [-0.05, 0) is 32.4 Å². The summed E-state index contributed by atoms with van der Waals surface area (Å²) >= 11 is 0. The highest BCUT2D eigenvalue weighted by molar-refractivity contribution is 6.62. The maximum absolute atomic E-state index is 5.67. The molecule has 6 nitrogen and oxygen atoms in total. The molecule has 0 amide bonds. The SMILES string of the molecule is CO[Si](OC)(OC)C(CCN)CCCNCCN. The zero-order valence-corrected chi connectivity index (χ0v) is 12.9. The van der Waals surface area contributed by atoms with Crippen LogP contribution in [0.1, 0.15) is 19.3 Å². The third-order valence-corrected chi connectivity index (χ3v) is 6.38. The van der Waals surface area contributed by atoms with Gasteiger partial charge in [0.15, 0.2) is 0 Å². The third kappa shape index (κ3) is 5.74. The normalized spacial score (nSPS) is 13.8. The van der Waals surface area contributed by atoms with Crippen molar-refractivity contribution < 1.29 is 13.3 Å². The summed E-state index contributed by atoms with van der Waals surface area (Å²) in [5.41, 5.74) is 11.3. The van der Waals surface area contributed by atoms with Gasteiger partial charge in [-0.15, -0.1) is 0 Å². The topological polar surface area (TPSA) is 91.8 Å². The van der Waals surface area contributed by atoms with Crippen LogP contribution >= 0.6 is 0 Å². The van der Waals surface area contributed by atoms with Gasteiger partial charge in [0.25, 0.3) is 0 Å². The molecule has 0 bridgehead atoms. The van der Waals surface area contributed by atoms with E-state index in [0.717, 1.165) is 32.4 Å². The fourth-order valence-electron chi connectivity index (χ4n) is 2.15. The van der Waals surface area contributed by atoms with Crippen LogP contribution in [-0.4, -0.2) is 56.3 Å². The summed E-state index contributed by atoms with van der Waals surface area (Å²) in [5.74, 6) is 0. The van der Waals surface area contributed by atoms with Crippen LogP contribution in [-0.2, 0) is 13.3 Å². The maximum Gasteiger partial charge on any atom is 0.503 e. The van der Waals surface area contributed by atoms with E-state index >= 15 is 0 Å². The quantitative estimate of drug-likeness (QED) is 0.342. The van der Waals surface area contributed by atoms with Crippen molar-refractivity contribution in [1.82, 2.24) is 5.32 Å². The zero-order chi connectivity index (χ0) is 13.9. The number of hydrogen-bond acceptors (Lipinski definition) is 6. The first-order chi connectivity index (χ1) is 8.70. The number of nitrogens with one attached hydrogen (secondary N) is 1. The Morgan fingerprint density at radius 3 is 2.00 bits per heavy atom. The van der Waals surface area contributed by atoms with Crippen molar-refractivity contribution in [3.63, 3.8) is 0 Å². The molecule has 0 radical (unpaired) electrons. The average Bonchev–Trinajstić information content (AvgIpc) is 2.41. The van der Waals surface area contributed by atoms with Gasteiger partial charge in [-0.1, -0.05) is 0 Å². The molecule has 0 spiro atoms. The molecule has 0 saturated carbocycles. The Labute approximate surface area is 112 Å². The predicted molar refractivity (Wildman–Crippen MR) is 75.4 cm³/mol. The molecule has 0 aliphatic rings. The largest absolute Gasteiger partial charge is 0.503 e. The highest BCUT2D eigenvalue weighted by Crippen LogP contribution is 2.31. The van der Waals surface area contributed by atoms with Gasteiger partial charge in [0.1, 0.15) is 0 Å². The van der Waals surface area contributed by atoms with E-state index in [4.69, 9.17) is 24.7 Å². The molecule has 1 atom stereocenters. The first-order valence-electron chi connectivity index (χ1n) is 6.47. The Morgan fingerprint density at radius 2 is 1.56 bits per heavy atom. The standard InChI is InChI=1S/C11H29N3O3Si/c1-15-18(16-2,17-3)11(6-7-12)5-4-9-14-10-8-13/h11,14H,4-10,12-13H2,1-3H3. The molecule has 0 aromatic carbocycles. The van der Waals surface area contributed by atoms with Crippen LogP contribution in [0.15, 0.2) is 0 Å². The van der Waals surface area contributed by atoms with E-state index in [-0.39, 0.29) is 5.54 Å². The van der Waals surface area contributed by atoms with Crippen LogP contribution in [0.3, 0.4) is 0 Å². The summed E-state index contributed by atoms with van der Waals surface area (Å²) in [4.78, 5) is 0. The molecular weight excluding hydrogens is 250 g/mol. The lowest BCUT2D eigenvalue weighted by Crippen LogP contribution is -2.48. The van der Waals surface area contributed by atoms with Crippen LogP contribution < -0.4 is 16.8 Å². The number of rotatable bonds is 12. The van der Waals surface area contributed by atoms with Crippen LogP contribution in [0.5, 0.6) is 0 Å². The van der Waals surface area contributed by atoms with E-state index in [2.05, 4.69) is 5.32 Å². The zero-order valence-electron chi connectivity index (χ0n) is 11.9. The summed E-state index contributed by atoms with van der Waals surface area (Å²) in [7, 11) is 2.38. The monoisotopic (exact) mass is 279 g/mol. The summed E-state index contributed by atoms with van der Waals surface area (Å²) in [6.07, 6.45) is 2.88. The van der Waals surface area contributed by atoms with Crippen molar-refractivity contribution in [3.8, 4) is 0 Å². The molecule has 110 valence electrons. The van der Waals surface area contributed by atoms with Crippen molar-refractivity contribution in [3.05, 3.63) is 0 Å². The Hall–Kier alpha value is -0.0231. The van der Waals surface area contributed by atoms with Crippen LogP contribution in [0.25, 0.3) is 0 Å². The molecule has 7 heteroatoms. The van der Waals surface area contributed by atoms with E-state index in [1.54, 1.807) is 21.3 Å².